The Hall–Kier alpha value is -2.18. The number of hydrogen-bond acceptors (Lipinski definition) is 5. The summed E-state index contributed by atoms with van der Waals surface area (Å²) < 4.78 is 6.27. The van der Waals surface area contributed by atoms with Gasteiger partial charge in [0.25, 0.3) is 5.56 Å². The van der Waals surface area contributed by atoms with Crippen molar-refractivity contribution in [3.8, 4) is 0 Å². The molecule has 0 saturated heterocycles. The molecule has 2 aromatic rings. The van der Waals surface area contributed by atoms with Crippen LogP contribution in [0.1, 0.15) is 24.2 Å². The van der Waals surface area contributed by atoms with Crippen molar-refractivity contribution in [2.75, 3.05) is 0 Å². The van der Waals surface area contributed by atoms with Gasteiger partial charge in [-0.1, -0.05) is 12.1 Å². The highest BCUT2D eigenvalue weighted by atomic mass is 16.5. The van der Waals surface area contributed by atoms with Crippen molar-refractivity contribution >= 4 is 0 Å². The van der Waals surface area contributed by atoms with Crippen LogP contribution in [-0.4, -0.2) is 19.7 Å². The first-order valence-corrected chi connectivity index (χ1v) is 5.22. The van der Waals surface area contributed by atoms with E-state index in [0.717, 1.165) is 0 Å². The highest BCUT2D eigenvalue weighted by Crippen LogP contribution is 1.99. The number of aromatic nitrogens is 4. The maximum absolute atomic E-state index is 11.5. The van der Waals surface area contributed by atoms with E-state index in [1.807, 2.05) is 6.92 Å². The van der Waals surface area contributed by atoms with Crippen LogP contribution in [0.5, 0.6) is 0 Å². The highest BCUT2D eigenvalue weighted by Gasteiger charge is 2.07. The Morgan fingerprint density at radius 1 is 1.47 bits per heavy atom. The monoisotopic (exact) mass is 236 g/mol. The molecule has 2 aromatic heterocycles. The molecular formula is C10H12N4O3. The van der Waals surface area contributed by atoms with Crippen LogP contribution in [0.25, 0.3) is 0 Å². The third kappa shape index (κ3) is 2.32. The molecule has 2 rings (SSSR count). The van der Waals surface area contributed by atoms with E-state index >= 15 is 0 Å². The standard InChI is InChI=1S/C10H12N4O3/c1-3-8-11-7(13-17-8)5-14-4-6(2)9(15)12-10(14)16/h4H,3,5H2,1-2H3,(H,12,15,16). The summed E-state index contributed by atoms with van der Waals surface area (Å²) in [6.07, 6.45) is 2.12. The number of rotatable bonds is 3. The van der Waals surface area contributed by atoms with Crippen molar-refractivity contribution in [1.29, 1.82) is 0 Å². The highest BCUT2D eigenvalue weighted by molar-refractivity contribution is 5.02. The van der Waals surface area contributed by atoms with E-state index in [1.54, 1.807) is 6.92 Å². The lowest BCUT2D eigenvalue weighted by Crippen LogP contribution is -2.31. The molecule has 2 heterocycles. The number of nitrogens with zero attached hydrogens (tertiary/aromatic N) is 3. The molecule has 0 atom stereocenters. The molecule has 0 radical (unpaired) electrons. The second kappa shape index (κ2) is 4.36. The zero-order valence-corrected chi connectivity index (χ0v) is 9.56. The van der Waals surface area contributed by atoms with Gasteiger partial charge < -0.3 is 4.52 Å². The van der Waals surface area contributed by atoms with Crippen LogP contribution in [0, 0.1) is 6.92 Å². The van der Waals surface area contributed by atoms with Gasteiger partial charge >= 0.3 is 5.69 Å². The van der Waals surface area contributed by atoms with Gasteiger partial charge in [-0.3, -0.25) is 14.3 Å². The van der Waals surface area contributed by atoms with Crippen LogP contribution in [0.3, 0.4) is 0 Å². The predicted molar refractivity (Wildman–Crippen MR) is 58.8 cm³/mol. The average molecular weight is 236 g/mol. The van der Waals surface area contributed by atoms with Crippen molar-refractivity contribution in [3.63, 3.8) is 0 Å². The van der Waals surface area contributed by atoms with Gasteiger partial charge in [-0.05, 0) is 6.92 Å². The maximum atomic E-state index is 11.5. The molecule has 0 amide bonds. The van der Waals surface area contributed by atoms with E-state index in [2.05, 4.69) is 15.1 Å². The van der Waals surface area contributed by atoms with Crippen LogP contribution in [0.15, 0.2) is 20.3 Å². The van der Waals surface area contributed by atoms with Crippen LogP contribution in [-0.2, 0) is 13.0 Å². The average Bonchev–Trinajstić information content (AvgIpc) is 2.73. The minimum atomic E-state index is -0.483. The molecule has 0 aromatic carbocycles. The fraction of sp³-hybridized carbons (Fsp3) is 0.400. The predicted octanol–water partition coefficient (Wildman–Crippen LogP) is -0.161. The Morgan fingerprint density at radius 3 is 2.88 bits per heavy atom. The van der Waals surface area contributed by atoms with E-state index in [9.17, 15) is 9.59 Å². The van der Waals surface area contributed by atoms with Gasteiger partial charge in [0.15, 0.2) is 5.82 Å². The van der Waals surface area contributed by atoms with Crippen molar-refractivity contribution in [2.24, 2.45) is 0 Å². The Bertz CT molecular complexity index is 637. The molecule has 7 nitrogen and oxygen atoms in total. The summed E-state index contributed by atoms with van der Waals surface area (Å²) in [5, 5.41) is 3.74. The molecule has 0 aliphatic heterocycles. The zero-order valence-electron chi connectivity index (χ0n) is 9.56. The summed E-state index contributed by atoms with van der Waals surface area (Å²) in [5.74, 6) is 0.935. The maximum Gasteiger partial charge on any atom is 0.328 e. The van der Waals surface area contributed by atoms with Gasteiger partial charge in [-0.15, -0.1) is 0 Å². The largest absolute Gasteiger partial charge is 0.339 e. The molecule has 0 aliphatic carbocycles. The lowest BCUT2D eigenvalue weighted by molar-refractivity contribution is 0.375. The fourth-order valence-electron chi connectivity index (χ4n) is 1.39. The molecule has 0 unspecified atom stereocenters. The molecule has 0 saturated carbocycles. The van der Waals surface area contributed by atoms with Gasteiger partial charge in [0.2, 0.25) is 5.89 Å². The van der Waals surface area contributed by atoms with Gasteiger partial charge in [-0.2, -0.15) is 4.98 Å². The van der Waals surface area contributed by atoms with Crippen LogP contribution in [0.4, 0.5) is 0 Å². The third-order valence-corrected chi connectivity index (χ3v) is 2.31. The minimum absolute atomic E-state index is 0.181. The molecule has 0 spiro atoms. The smallest absolute Gasteiger partial charge is 0.328 e. The fourth-order valence-corrected chi connectivity index (χ4v) is 1.39. The summed E-state index contributed by atoms with van der Waals surface area (Å²) >= 11 is 0. The second-order valence-corrected chi connectivity index (χ2v) is 3.66. The first-order valence-electron chi connectivity index (χ1n) is 5.22. The van der Waals surface area contributed by atoms with Gasteiger partial charge in [0.1, 0.15) is 0 Å². The summed E-state index contributed by atoms with van der Waals surface area (Å²) in [6.45, 7) is 3.70. The van der Waals surface area contributed by atoms with Gasteiger partial charge in [0, 0.05) is 18.2 Å². The van der Waals surface area contributed by atoms with Gasteiger partial charge in [-0.25, -0.2) is 4.79 Å². The number of aromatic amines is 1. The lowest BCUT2D eigenvalue weighted by Gasteiger charge is -2.01. The van der Waals surface area contributed by atoms with Crippen LogP contribution >= 0.6 is 0 Å². The third-order valence-electron chi connectivity index (χ3n) is 2.31. The molecule has 0 bridgehead atoms. The first kappa shape index (κ1) is 11.3. The quantitative estimate of drug-likeness (QED) is 0.799. The normalized spacial score (nSPS) is 10.7. The van der Waals surface area contributed by atoms with Crippen molar-refractivity contribution in [2.45, 2.75) is 26.8 Å². The van der Waals surface area contributed by atoms with E-state index in [1.165, 1.54) is 10.8 Å². The lowest BCUT2D eigenvalue weighted by atomic mass is 10.4. The molecular weight excluding hydrogens is 224 g/mol. The van der Waals surface area contributed by atoms with E-state index in [0.29, 0.717) is 23.7 Å². The second-order valence-electron chi connectivity index (χ2n) is 3.66. The number of aryl methyl sites for hydroxylation is 2. The zero-order chi connectivity index (χ0) is 12.4. The summed E-state index contributed by atoms with van der Waals surface area (Å²) in [4.78, 5) is 29.0. The topological polar surface area (TPSA) is 93.8 Å². The van der Waals surface area contributed by atoms with Crippen molar-refractivity contribution in [1.82, 2.24) is 19.7 Å². The van der Waals surface area contributed by atoms with Gasteiger partial charge in [0.05, 0.1) is 6.54 Å². The van der Waals surface area contributed by atoms with E-state index in [4.69, 9.17) is 4.52 Å². The van der Waals surface area contributed by atoms with Crippen LogP contribution in [0.2, 0.25) is 0 Å². The molecule has 0 aliphatic rings. The number of H-pyrrole nitrogens is 1. The Labute approximate surface area is 96.1 Å². The Balaban J connectivity index is 2.33. The number of hydrogen-bond donors (Lipinski definition) is 1. The molecule has 0 fully saturated rings. The minimum Gasteiger partial charge on any atom is -0.339 e. The van der Waals surface area contributed by atoms with Crippen molar-refractivity contribution in [3.05, 3.63) is 44.3 Å². The molecule has 1 N–H and O–H groups in total. The first-order chi connectivity index (χ1) is 8.10. The SMILES string of the molecule is CCc1nc(Cn2cc(C)c(=O)[nH]c2=O)no1. The molecule has 17 heavy (non-hydrogen) atoms. The molecule has 7 heteroatoms. The summed E-state index contributed by atoms with van der Waals surface area (Å²) in [7, 11) is 0. The van der Waals surface area contributed by atoms with E-state index in [-0.39, 0.29) is 12.1 Å². The number of nitrogens with one attached hydrogen (secondary N) is 1. The van der Waals surface area contributed by atoms with Crippen molar-refractivity contribution < 1.29 is 4.52 Å². The summed E-state index contributed by atoms with van der Waals surface area (Å²) in [6, 6.07) is 0. The Morgan fingerprint density at radius 2 is 2.24 bits per heavy atom. The summed E-state index contributed by atoms with van der Waals surface area (Å²) in [5.41, 5.74) is -0.402. The van der Waals surface area contributed by atoms with Crippen LogP contribution < -0.4 is 11.2 Å². The van der Waals surface area contributed by atoms with E-state index < -0.39 is 5.69 Å². The molecule has 90 valence electrons. The Kier molecular flexibility index (Phi) is 2.90.